The molecule has 4 aromatic rings. The van der Waals surface area contributed by atoms with E-state index in [0.717, 1.165) is 24.3 Å². The molecule has 0 atom stereocenters. The summed E-state index contributed by atoms with van der Waals surface area (Å²) in [6, 6.07) is 10.4. The van der Waals surface area contributed by atoms with Crippen molar-refractivity contribution >= 4 is 50.1 Å². The normalized spacial score (nSPS) is 12.1. The van der Waals surface area contributed by atoms with Gasteiger partial charge >= 0.3 is 12.4 Å². The van der Waals surface area contributed by atoms with Crippen LogP contribution in [0.3, 0.4) is 0 Å². The van der Waals surface area contributed by atoms with E-state index < -0.39 is 23.5 Å². The Morgan fingerprint density at radius 1 is 0.697 bits per heavy atom. The molecule has 33 heavy (non-hydrogen) atoms. The lowest BCUT2D eigenvalue weighted by molar-refractivity contribution is -0.138. The molecule has 0 aliphatic rings. The molecule has 0 aliphatic heterocycles. The van der Waals surface area contributed by atoms with E-state index in [-0.39, 0.29) is 28.7 Å². The minimum absolute atomic E-state index is 0.000800. The monoisotopic (exact) mass is 527 g/mol. The number of alkyl halides is 6. The summed E-state index contributed by atoms with van der Waals surface area (Å²) in [4.78, 5) is 12.8. The first-order chi connectivity index (χ1) is 15.5. The lowest BCUT2D eigenvalue weighted by Gasteiger charge is -2.15. The number of fused-ring (bicyclic) bond motifs is 1. The van der Waals surface area contributed by atoms with Crippen molar-refractivity contribution in [3.63, 3.8) is 0 Å². The van der Waals surface area contributed by atoms with Crippen molar-refractivity contribution in [1.29, 1.82) is 0 Å². The van der Waals surface area contributed by atoms with Crippen molar-refractivity contribution in [1.82, 2.24) is 15.0 Å². The van der Waals surface area contributed by atoms with Gasteiger partial charge in [0.2, 0.25) is 0 Å². The predicted molar refractivity (Wildman–Crippen MR) is 114 cm³/mol. The van der Waals surface area contributed by atoms with Crippen LogP contribution in [-0.2, 0) is 12.4 Å². The summed E-state index contributed by atoms with van der Waals surface area (Å²) in [6.07, 6.45) is -7.65. The lowest BCUT2D eigenvalue weighted by atomic mass is 10.2. The number of nitrogens with one attached hydrogen (secondary N) is 2. The average Bonchev–Trinajstić information content (AvgIpc) is 2.73. The van der Waals surface area contributed by atoms with Gasteiger partial charge in [-0.1, -0.05) is 12.1 Å². The van der Waals surface area contributed by atoms with Crippen LogP contribution in [-0.4, -0.2) is 15.0 Å². The van der Waals surface area contributed by atoms with Gasteiger partial charge in [0, 0.05) is 22.0 Å². The van der Waals surface area contributed by atoms with E-state index >= 15 is 0 Å². The molecule has 12 heteroatoms. The van der Waals surface area contributed by atoms with Crippen molar-refractivity contribution in [3.8, 4) is 0 Å². The summed E-state index contributed by atoms with van der Waals surface area (Å²) in [6.45, 7) is 0. The van der Waals surface area contributed by atoms with Gasteiger partial charge in [-0.2, -0.15) is 26.3 Å². The summed E-state index contributed by atoms with van der Waals surface area (Å²) in [7, 11) is 0. The third kappa shape index (κ3) is 5.33. The number of pyridine rings is 1. The van der Waals surface area contributed by atoms with Crippen LogP contribution in [0, 0.1) is 0 Å². The van der Waals surface area contributed by atoms with Crippen molar-refractivity contribution in [2.45, 2.75) is 12.4 Å². The molecule has 170 valence electrons. The van der Waals surface area contributed by atoms with Gasteiger partial charge in [-0.3, -0.25) is 0 Å². The molecule has 0 fully saturated rings. The van der Waals surface area contributed by atoms with Gasteiger partial charge in [0.25, 0.3) is 0 Å². The molecule has 0 aliphatic carbocycles. The fourth-order valence-corrected chi connectivity index (χ4v) is 3.24. The molecule has 0 amide bonds. The van der Waals surface area contributed by atoms with Crippen LogP contribution in [0.15, 0.2) is 65.3 Å². The molecule has 0 spiro atoms. The second-order valence-corrected chi connectivity index (χ2v) is 7.74. The minimum Gasteiger partial charge on any atom is -0.337 e. The Labute approximate surface area is 191 Å². The maximum atomic E-state index is 13.1. The van der Waals surface area contributed by atoms with Crippen LogP contribution >= 0.6 is 15.9 Å². The highest BCUT2D eigenvalue weighted by molar-refractivity contribution is 9.10. The Bertz CT molecular complexity index is 1320. The molecular formula is C21H12BrF6N5. The minimum atomic E-state index is -4.56. The second-order valence-electron chi connectivity index (χ2n) is 6.82. The number of nitrogens with zero attached hydrogens (tertiary/aromatic N) is 3. The molecular weight excluding hydrogens is 516 g/mol. The molecule has 0 bridgehead atoms. The number of anilines is 4. The summed E-state index contributed by atoms with van der Waals surface area (Å²) >= 11 is 3.26. The van der Waals surface area contributed by atoms with E-state index in [1.807, 2.05) is 0 Å². The van der Waals surface area contributed by atoms with Crippen LogP contribution in [0.4, 0.5) is 49.4 Å². The number of hydrogen-bond donors (Lipinski definition) is 2. The second kappa shape index (κ2) is 8.50. The fourth-order valence-electron chi connectivity index (χ4n) is 2.92. The van der Waals surface area contributed by atoms with E-state index in [2.05, 4.69) is 41.5 Å². The molecule has 0 saturated carbocycles. The van der Waals surface area contributed by atoms with E-state index in [0.29, 0.717) is 9.99 Å². The third-order valence-corrected chi connectivity index (χ3v) is 4.83. The Hall–Kier alpha value is -3.41. The number of hydrogen-bond acceptors (Lipinski definition) is 5. The highest BCUT2D eigenvalue weighted by atomic mass is 79.9. The topological polar surface area (TPSA) is 62.7 Å². The summed E-state index contributed by atoms with van der Waals surface area (Å²) in [5.74, 6) is -0.0202. The zero-order chi connectivity index (χ0) is 23.8. The highest BCUT2D eigenvalue weighted by Crippen LogP contribution is 2.34. The van der Waals surface area contributed by atoms with Gasteiger partial charge in [-0.25, -0.2) is 15.0 Å². The standard InChI is InChI=1S/C21H12BrF6N5/c22-13-9-16-17(29-10-13)33-19(31-15-6-2-4-12(8-15)21(26,27)28)18(32-16)30-14-5-1-3-11(7-14)20(23,24)25/h1-10H,(H,30,32)(H,29,31,33). The molecule has 5 nitrogen and oxygen atoms in total. The molecule has 2 N–H and O–H groups in total. The Morgan fingerprint density at radius 3 is 1.73 bits per heavy atom. The molecule has 0 saturated heterocycles. The average molecular weight is 528 g/mol. The van der Waals surface area contributed by atoms with Crippen LogP contribution in [0.5, 0.6) is 0 Å². The predicted octanol–water partition coefficient (Wildman–Crippen LogP) is 7.31. The van der Waals surface area contributed by atoms with Gasteiger partial charge in [-0.15, -0.1) is 0 Å². The fraction of sp³-hybridized carbons (Fsp3) is 0.0952. The first-order valence-corrected chi connectivity index (χ1v) is 10.0. The Kier molecular flexibility index (Phi) is 5.87. The van der Waals surface area contributed by atoms with Crippen molar-refractivity contribution in [2.24, 2.45) is 0 Å². The number of benzene rings is 2. The van der Waals surface area contributed by atoms with Crippen LogP contribution in [0.2, 0.25) is 0 Å². The number of halogens is 7. The maximum absolute atomic E-state index is 13.1. The van der Waals surface area contributed by atoms with E-state index in [1.54, 1.807) is 6.07 Å². The van der Waals surface area contributed by atoms with Gasteiger partial charge in [0.1, 0.15) is 5.52 Å². The van der Waals surface area contributed by atoms with Gasteiger partial charge in [-0.05, 0) is 58.4 Å². The number of aromatic nitrogens is 3. The summed E-state index contributed by atoms with van der Waals surface area (Å²) in [5, 5.41) is 5.51. The smallest absolute Gasteiger partial charge is 0.337 e. The van der Waals surface area contributed by atoms with Crippen LogP contribution < -0.4 is 10.6 Å². The van der Waals surface area contributed by atoms with E-state index in [9.17, 15) is 26.3 Å². The molecule has 4 rings (SSSR count). The molecule has 0 unspecified atom stereocenters. The molecule has 2 heterocycles. The van der Waals surface area contributed by atoms with Gasteiger partial charge in [0.15, 0.2) is 17.3 Å². The summed E-state index contributed by atoms with van der Waals surface area (Å²) in [5.41, 5.74) is -1.14. The van der Waals surface area contributed by atoms with Crippen LogP contribution in [0.25, 0.3) is 11.2 Å². The largest absolute Gasteiger partial charge is 0.416 e. The van der Waals surface area contributed by atoms with Crippen molar-refractivity contribution in [2.75, 3.05) is 10.6 Å². The van der Waals surface area contributed by atoms with Crippen LogP contribution in [0.1, 0.15) is 11.1 Å². The zero-order valence-electron chi connectivity index (χ0n) is 16.3. The highest BCUT2D eigenvalue weighted by Gasteiger charge is 2.31. The molecule has 0 radical (unpaired) electrons. The molecule has 2 aromatic heterocycles. The lowest BCUT2D eigenvalue weighted by Crippen LogP contribution is -2.08. The quantitative estimate of drug-likeness (QED) is 0.272. The SMILES string of the molecule is FC(F)(F)c1cccc(Nc2nc3cc(Br)cnc3nc2Nc2cccc(C(F)(F)F)c2)c1. The zero-order valence-corrected chi connectivity index (χ0v) is 17.8. The third-order valence-electron chi connectivity index (χ3n) is 4.39. The van der Waals surface area contributed by atoms with Crippen molar-refractivity contribution < 1.29 is 26.3 Å². The summed E-state index contributed by atoms with van der Waals surface area (Å²) < 4.78 is 79.1. The van der Waals surface area contributed by atoms with Gasteiger partial charge in [0.05, 0.1) is 11.1 Å². The van der Waals surface area contributed by atoms with E-state index in [1.165, 1.54) is 30.5 Å². The van der Waals surface area contributed by atoms with E-state index in [4.69, 9.17) is 0 Å². The van der Waals surface area contributed by atoms with Crippen molar-refractivity contribution in [3.05, 3.63) is 76.4 Å². The molecule has 2 aromatic carbocycles. The first kappa shape index (κ1) is 22.8. The first-order valence-electron chi connectivity index (χ1n) is 9.21. The van der Waals surface area contributed by atoms with Gasteiger partial charge < -0.3 is 10.6 Å². The maximum Gasteiger partial charge on any atom is 0.416 e. The Morgan fingerprint density at radius 2 is 1.21 bits per heavy atom. The Balaban J connectivity index is 1.77. The number of rotatable bonds is 4.